The Bertz CT molecular complexity index is 1300. The quantitative estimate of drug-likeness (QED) is 0.523. The summed E-state index contributed by atoms with van der Waals surface area (Å²) in [6.07, 6.45) is 3.24. The van der Waals surface area contributed by atoms with Gasteiger partial charge in [0.25, 0.3) is 0 Å². The third-order valence-corrected chi connectivity index (χ3v) is 7.94. The molecule has 0 N–H and O–H groups in total. The second kappa shape index (κ2) is 9.65. The van der Waals surface area contributed by atoms with E-state index in [1.54, 1.807) is 28.8 Å². The molecule has 1 aliphatic rings. The van der Waals surface area contributed by atoms with Gasteiger partial charge in [0.15, 0.2) is 0 Å². The van der Waals surface area contributed by atoms with Crippen molar-refractivity contribution in [1.29, 1.82) is 0 Å². The maximum absolute atomic E-state index is 15.2. The van der Waals surface area contributed by atoms with Gasteiger partial charge in [-0.3, -0.25) is 9.69 Å². The molecular weight excluding hydrogens is 441 g/mol. The zero-order valence-electron chi connectivity index (χ0n) is 19.1. The largest absolute Gasteiger partial charge is 0.367 e. The van der Waals surface area contributed by atoms with Crippen LogP contribution in [0.1, 0.15) is 26.7 Å². The Morgan fingerprint density at radius 3 is 2.24 bits per heavy atom. The second-order valence-electron chi connectivity index (χ2n) is 8.48. The molecular formula is C25H30FN3O3S. The normalized spacial score (nSPS) is 15.3. The molecule has 1 saturated heterocycles. The first kappa shape index (κ1) is 23.4. The standard InChI is InChI=1S/C25H30FN3O3S/c1-3-10-27-12-14-28(15-13-27)23-17-22-20(16-21(23)26)25(30)24(18-29(22)11-4-2)33(31,32)19-8-6-5-7-9-19/h5-9,16-18H,3-4,10-15H2,1-2H3. The molecule has 1 aliphatic heterocycles. The van der Waals surface area contributed by atoms with Crippen LogP contribution in [0, 0.1) is 5.82 Å². The molecule has 8 heteroatoms. The van der Waals surface area contributed by atoms with Gasteiger partial charge in [-0.2, -0.15) is 0 Å². The van der Waals surface area contributed by atoms with Crippen LogP contribution in [0.25, 0.3) is 10.9 Å². The minimum absolute atomic E-state index is 0.0477. The summed E-state index contributed by atoms with van der Waals surface area (Å²) in [7, 11) is -4.03. The molecule has 4 rings (SSSR count). The van der Waals surface area contributed by atoms with Crippen LogP contribution in [0.5, 0.6) is 0 Å². The van der Waals surface area contributed by atoms with E-state index in [0.29, 0.717) is 30.8 Å². The average Bonchev–Trinajstić information content (AvgIpc) is 2.82. The van der Waals surface area contributed by atoms with E-state index in [0.717, 1.165) is 32.5 Å². The van der Waals surface area contributed by atoms with E-state index in [1.165, 1.54) is 24.4 Å². The van der Waals surface area contributed by atoms with Gasteiger partial charge in [-0.15, -0.1) is 0 Å². The van der Waals surface area contributed by atoms with Crippen LogP contribution in [0.3, 0.4) is 0 Å². The van der Waals surface area contributed by atoms with E-state index >= 15 is 4.39 Å². The van der Waals surface area contributed by atoms with Crippen molar-refractivity contribution < 1.29 is 12.8 Å². The average molecular weight is 472 g/mol. The maximum atomic E-state index is 15.2. The van der Waals surface area contributed by atoms with E-state index in [2.05, 4.69) is 11.8 Å². The molecule has 1 fully saturated rings. The first-order valence-electron chi connectivity index (χ1n) is 11.5. The highest BCUT2D eigenvalue weighted by Crippen LogP contribution is 2.28. The predicted molar refractivity (Wildman–Crippen MR) is 129 cm³/mol. The van der Waals surface area contributed by atoms with Crippen LogP contribution in [0.2, 0.25) is 0 Å². The summed E-state index contributed by atoms with van der Waals surface area (Å²) >= 11 is 0. The zero-order valence-corrected chi connectivity index (χ0v) is 19.9. The number of rotatable bonds is 7. The van der Waals surface area contributed by atoms with Gasteiger partial charge in [0.1, 0.15) is 10.7 Å². The van der Waals surface area contributed by atoms with Gasteiger partial charge in [0.05, 0.1) is 21.5 Å². The number of piperazine rings is 1. The minimum Gasteiger partial charge on any atom is -0.367 e. The molecule has 0 unspecified atom stereocenters. The lowest BCUT2D eigenvalue weighted by Crippen LogP contribution is -2.46. The fourth-order valence-corrected chi connectivity index (χ4v) is 5.88. The van der Waals surface area contributed by atoms with Gasteiger partial charge in [-0.05, 0) is 43.7 Å². The Kier molecular flexibility index (Phi) is 6.86. The molecule has 6 nitrogen and oxygen atoms in total. The van der Waals surface area contributed by atoms with Gasteiger partial charge in [-0.1, -0.05) is 32.0 Å². The molecule has 0 radical (unpaired) electrons. The molecule has 0 atom stereocenters. The SMILES string of the molecule is CCCN1CCN(c2cc3c(cc2F)c(=O)c(S(=O)(=O)c2ccccc2)cn3CCC)CC1. The highest BCUT2D eigenvalue weighted by Gasteiger charge is 2.26. The monoisotopic (exact) mass is 471 g/mol. The third-order valence-electron chi connectivity index (χ3n) is 6.18. The van der Waals surface area contributed by atoms with E-state index in [4.69, 9.17) is 0 Å². The highest BCUT2D eigenvalue weighted by atomic mass is 32.2. The van der Waals surface area contributed by atoms with E-state index in [9.17, 15) is 13.2 Å². The summed E-state index contributed by atoms with van der Waals surface area (Å²) in [6, 6.07) is 10.8. The third kappa shape index (κ3) is 4.54. The zero-order chi connectivity index (χ0) is 23.6. The molecule has 0 spiro atoms. The van der Waals surface area contributed by atoms with Crippen molar-refractivity contribution in [2.24, 2.45) is 0 Å². The number of fused-ring (bicyclic) bond motifs is 1. The summed E-state index contributed by atoms with van der Waals surface area (Å²) < 4.78 is 43.4. The number of aromatic nitrogens is 1. The molecule has 3 aromatic rings. The molecule has 0 saturated carbocycles. The Hall–Kier alpha value is -2.71. The Morgan fingerprint density at radius 1 is 0.939 bits per heavy atom. The molecule has 2 aromatic carbocycles. The number of benzene rings is 2. The van der Waals surface area contributed by atoms with Crippen LogP contribution < -0.4 is 10.3 Å². The maximum Gasteiger partial charge on any atom is 0.211 e. The van der Waals surface area contributed by atoms with Gasteiger partial charge in [0.2, 0.25) is 15.3 Å². The predicted octanol–water partition coefficient (Wildman–Crippen LogP) is 3.92. The van der Waals surface area contributed by atoms with Crippen LogP contribution in [0.4, 0.5) is 10.1 Å². The second-order valence-corrected chi connectivity index (χ2v) is 10.4. The van der Waals surface area contributed by atoms with E-state index in [1.807, 2.05) is 11.8 Å². The smallest absolute Gasteiger partial charge is 0.211 e. The van der Waals surface area contributed by atoms with Crippen LogP contribution >= 0.6 is 0 Å². The van der Waals surface area contributed by atoms with Crippen molar-refractivity contribution in [2.75, 3.05) is 37.6 Å². The molecule has 176 valence electrons. The first-order chi connectivity index (χ1) is 15.9. The van der Waals surface area contributed by atoms with Gasteiger partial charge >= 0.3 is 0 Å². The summed E-state index contributed by atoms with van der Waals surface area (Å²) in [5.74, 6) is -0.499. The van der Waals surface area contributed by atoms with E-state index in [-0.39, 0.29) is 15.2 Å². The fourth-order valence-electron chi connectivity index (χ4n) is 4.49. The molecule has 0 bridgehead atoms. The molecule has 0 amide bonds. The highest BCUT2D eigenvalue weighted by molar-refractivity contribution is 7.91. The summed E-state index contributed by atoms with van der Waals surface area (Å²) in [6.45, 7) is 8.82. The van der Waals surface area contributed by atoms with Crippen LogP contribution in [-0.4, -0.2) is 50.6 Å². The summed E-state index contributed by atoms with van der Waals surface area (Å²) in [5.41, 5.74) is 0.349. The number of nitrogens with zero attached hydrogens (tertiary/aromatic N) is 3. The van der Waals surface area contributed by atoms with Crippen molar-refractivity contribution in [3.8, 4) is 0 Å². The number of sulfone groups is 1. The molecule has 1 aromatic heterocycles. The summed E-state index contributed by atoms with van der Waals surface area (Å²) in [5, 5.41) is 0.0892. The molecule has 0 aliphatic carbocycles. The van der Waals surface area contributed by atoms with Gasteiger partial charge < -0.3 is 9.47 Å². The van der Waals surface area contributed by atoms with Crippen molar-refractivity contribution in [3.05, 3.63) is 64.7 Å². The molecule has 33 heavy (non-hydrogen) atoms. The number of anilines is 1. The number of aryl methyl sites for hydroxylation is 1. The lowest BCUT2D eigenvalue weighted by molar-refractivity contribution is 0.258. The number of hydrogen-bond donors (Lipinski definition) is 0. The van der Waals surface area contributed by atoms with Crippen molar-refractivity contribution in [3.63, 3.8) is 0 Å². The fraction of sp³-hybridized carbons (Fsp3) is 0.400. The Morgan fingerprint density at radius 2 is 1.61 bits per heavy atom. The number of halogens is 1. The number of pyridine rings is 1. The molecule has 2 heterocycles. The first-order valence-corrected chi connectivity index (χ1v) is 13.0. The van der Waals surface area contributed by atoms with Crippen molar-refractivity contribution >= 4 is 26.4 Å². The summed E-state index contributed by atoms with van der Waals surface area (Å²) in [4.78, 5) is 17.4. The van der Waals surface area contributed by atoms with Gasteiger partial charge in [-0.25, -0.2) is 12.8 Å². The van der Waals surface area contributed by atoms with E-state index < -0.39 is 21.1 Å². The van der Waals surface area contributed by atoms with Gasteiger partial charge in [0, 0.05) is 38.9 Å². The topological polar surface area (TPSA) is 62.6 Å². The van der Waals surface area contributed by atoms with Crippen LogP contribution in [-0.2, 0) is 16.4 Å². The lowest BCUT2D eigenvalue weighted by atomic mass is 10.1. The van der Waals surface area contributed by atoms with Crippen molar-refractivity contribution in [2.45, 2.75) is 43.0 Å². The lowest BCUT2D eigenvalue weighted by Gasteiger charge is -2.36. The minimum atomic E-state index is -4.03. The number of hydrogen-bond acceptors (Lipinski definition) is 5. The Labute approximate surface area is 194 Å². The Balaban J connectivity index is 1.82. The van der Waals surface area contributed by atoms with Crippen molar-refractivity contribution in [1.82, 2.24) is 9.47 Å². The van der Waals surface area contributed by atoms with Crippen LogP contribution in [0.15, 0.2) is 63.2 Å².